The lowest BCUT2D eigenvalue weighted by Gasteiger charge is -2.65. The monoisotopic (exact) mass is 508 g/mol. The fourth-order valence-corrected chi connectivity index (χ4v) is 9.37. The maximum Gasteiger partial charge on any atom is 0.303 e. The van der Waals surface area contributed by atoms with Crippen molar-refractivity contribution in [1.29, 1.82) is 0 Å². The molecule has 0 radical (unpaired) electrons. The summed E-state index contributed by atoms with van der Waals surface area (Å²) < 4.78 is 17.7. The first-order valence-electron chi connectivity index (χ1n) is 13.7. The van der Waals surface area contributed by atoms with Crippen LogP contribution in [0.5, 0.6) is 0 Å². The highest BCUT2D eigenvalue weighted by atomic mass is 16.7. The zero-order valence-electron chi connectivity index (χ0n) is 21.9. The number of aliphatic hydroxyl groups is 4. The molecule has 4 saturated carbocycles. The number of carbonyl (C=O) groups is 1. The third kappa shape index (κ3) is 3.90. The van der Waals surface area contributed by atoms with Crippen molar-refractivity contribution in [1.82, 2.24) is 0 Å². The van der Waals surface area contributed by atoms with Crippen LogP contribution in [0.25, 0.3) is 0 Å². The molecule has 11 unspecified atom stereocenters. The van der Waals surface area contributed by atoms with E-state index in [0.717, 1.165) is 56.9 Å². The Hall–Kier alpha value is -1.03. The van der Waals surface area contributed by atoms with Crippen molar-refractivity contribution >= 4 is 5.97 Å². The molecule has 1 heterocycles. The van der Waals surface area contributed by atoms with Gasteiger partial charge in [-0.3, -0.25) is 4.79 Å². The maximum atomic E-state index is 11.8. The summed E-state index contributed by atoms with van der Waals surface area (Å²) in [5, 5.41) is 42.3. The molecule has 11 atom stereocenters. The minimum Gasteiger partial charge on any atom is -0.454 e. The van der Waals surface area contributed by atoms with Crippen molar-refractivity contribution in [2.75, 3.05) is 13.2 Å². The Morgan fingerprint density at radius 2 is 1.83 bits per heavy atom. The average Bonchev–Trinajstić information content (AvgIpc) is 3.00. The molecule has 4 aliphatic carbocycles. The van der Waals surface area contributed by atoms with Crippen molar-refractivity contribution in [2.24, 2.45) is 34.0 Å². The topological polar surface area (TPSA) is 126 Å². The highest BCUT2D eigenvalue weighted by Gasteiger charge is 2.68. The second-order valence-corrected chi connectivity index (χ2v) is 13.0. The van der Waals surface area contributed by atoms with Gasteiger partial charge in [-0.15, -0.1) is 0 Å². The average molecular weight is 509 g/mol. The number of esters is 1. The van der Waals surface area contributed by atoms with Gasteiger partial charge >= 0.3 is 5.97 Å². The second kappa shape index (κ2) is 9.31. The van der Waals surface area contributed by atoms with Gasteiger partial charge in [-0.25, -0.2) is 0 Å². The van der Waals surface area contributed by atoms with E-state index in [-0.39, 0.29) is 22.2 Å². The van der Waals surface area contributed by atoms with Gasteiger partial charge in [0.2, 0.25) is 0 Å². The van der Waals surface area contributed by atoms with Crippen LogP contribution < -0.4 is 0 Å². The van der Waals surface area contributed by atoms with E-state index >= 15 is 0 Å². The summed E-state index contributed by atoms with van der Waals surface area (Å²) in [6.45, 7) is 10.1. The first kappa shape index (κ1) is 26.6. The molecule has 0 amide bonds. The standard InChI is InChI=1S/C28H44O8/c1-15-17-6-7-20-27(12-17,24(15)33)11-8-19-26(3,4)9-5-10-28(19,20)14-34-25-23(35-16(2)30)22(32)21(31)18(13-29)36-25/h17-25,29,31-33H,1,5-14H2,2-4H3. The van der Waals surface area contributed by atoms with Crippen LogP contribution in [0.15, 0.2) is 12.2 Å². The van der Waals surface area contributed by atoms with Crippen LogP contribution in [0.3, 0.4) is 0 Å². The van der Waals surface area contributed by atoms with E-state index in [2.05, 4.69) is 20.4 Å². The molecule has 1 spiro atoms. The predicted octanol–water partition coefficient (Wildman–Crippen LogP) is 2.31. The molecular formula is C28H44O8. The van der Waals surface area contributed by atoms with E-state index in [9.17, 15) is 25.2 Å². The van der Waals surface area contributed by atoms with Crippen LogP contribution in [0.1, 0.15) is 72.1 Å². The third-order valence-electron chi connectivity index (χ3n) is 10.9. The Bertz CT molecular complexity index is 874. The zero-order valence-corrected chi connectivity index (χ0v) is 21.9. The van der Waals surface area contributed by atoms with Crippen molar-refractivity contribution in [2.45, 2.75) is 109 Å². The maximum absolute atomic E-state index is 11.8. The van der Waals surface area contributed by atoms with Gasteiger partial charge in [0.1, 0.15) is 18.3 Å². The molecule has 4 N–H and O–H groups in total. The lowest BCUT2D eigenvalue weighted by molar-refractivity contribution is -0.319. The minimum absolute atomic E-state index is 0.118. The van der Waals surface area contributed by atoms with Crippen LogP contribution in [0.4, 0.5) is 0 Å². The number of fused-ring (bicyclic) bond motifs is 3. The van der Waals surface area contributed by atoms with Crippen molar-refractivity contribution in [3.63, 3.8) is 0 Å². The van der Waals surface area contributed by atoms with Crippen molar-refractivity contribution in [3.8, 4) is 0 Å². The van der Waals surface area contributed by atoms with E-state index < -0.39 is 49.4 Å². The van der Waals surface area contributed by atoms with Gasteiger partial charge in [-0.05, 0) is 73.7 Å². The Morgan fingerprint density at radius 1 is 1.08 bits per heavy atom. The first-order valence-corrected chi connectivity index (χ1v) is 13.7. The molecule has 0 aromatic rings. The summed E-state index contributed by atoms with van der Waals surface area (Å²) >= 11 is 0. The van der Waals surface area contributed by atoms with Crippen LogP contribution in [0.2, 0.25) is 0 Å². The molecule has 8 heteroatoms. The van der Waals surface area contributed by atoms with Crippen LogP contribution in [-0.2, 0) is 19.0 Å². The molecule has 1 saturated heterocycles. The van der Waals surface area contributed by atoms with E-state index in [4.69, 9.17) is 14.2 Å². The van der Waals surface area contributed by atoms with E-state index in [1.54, 1.807) is 0 Å². The number of ether oxygens (including phenoxy) is 3. The molecule has 0 aromatic carbocycles. The normalized spacial score (nSPS) is 49.8. The van der Waals surface area contributed by atoms with E-state index in [0.29, 0.717) is 18.4 Å². The predicted molar refractivity (Wildman–Crippen MR) is 130 cm³/mol. The van der Waals surface area contributed by atoms with Gasteiger partial charge in [-0.2, -0.15) is 0 Å². The molecule has 5 fully saturated rings. The molecule has 204 valence electrons. The Labute approximate surface area is 214 Å². The number of rotatable bonds is 5. The Morgan fingerprint density at radius 3 is 2.53 bits per heavy atom. The summed E-state index contributed by atoms with van der Waals surface area (Å²) in [5.74, 6) is 0.447. The molecule has 5 rings (SSSR count). The summed E-state index contributed by atoms with van der Waals surface area (Å²) in [6.07, 6.45) is 1.58. The summed E-state index contributed by atoms with van der Waals surface area (Å²) in [6, 6.07) is 0. The van der Waals surface area contributed by atoms with E-state index in [1.807, 2.05) is 0 Å². The molecular weight excluding hydrogens is 464 g/mol. The number of hydrogen-bond acceptors (Lipinski definition) is 8. The summed E-state index contributed by atoms with van der Waals surface area (Å²) in [4.78, 5) is 11.8. The minimum atomic E-state index is -1.44. The SMILES string of the molecule is C=C1C2CCC3C(CCC4C(C)(C)CCCC43COC3OC(CO)C(O)C(O)C3OC(C)=O)(C2)C1O. The Kier molecular flexibility index (Phi) is 6.87. The molecule has 36 heavy (non-hydrogen) atoms. The largest absolute Gasteiger partial charge is 0.454 e. The van der Waals surface area contributed by atoms with Gasteiger partial charge in [0.15, 0.2) is 12.4 Å². The van der Waals surface area contributed by atoms with Crippen LogP contribution in [-0.4, -0.2) is 76.4 Å². The first-order chi connectivity index (χ1) is 17.0. The lowest BCUT2D eigenvalue weighted by Crippen LogP contribution is -2.63. The highest BCUT2D eigenvalue weighted by Crippen LogP contribution is 2.72. The van der Waals surface area contributed by atoms with Crippen molar-refractivity contribution < 1.29 is 39.4 Å². The number of carbonyl (C=O) groups excluding carboxylic acids is 1. The van der Waals surface area contributed by atoms with Gasteiger partial charge in [0.05, 0.1) is 19.3 Å². The smallest absolute Gasteiger partial charge is 0.303 e. The molecule has 5 aliphatic rings. The fourth-order valence-electron chi connectivity index (χ4n) is 9.37. The summed E-state index contributed by atoms with van der Waals surface area (Å²) in [7, 11) is 0. The number of aliphatic hydroxyl groups excluding tert-OH is 4. The van der Waals surface area contributed by atoms with Crippen LogP contribution in [0, 0.1) is 34.0 Å². The third-order valence-corrected chi connectivity index (χ3v) is 10.9. The summed E-state index contributed by atoms with van der Waals surface area (Å²) in [5.41, 5.74) is 0.734. The van der Waals surface area contributed by atoms with Gasteiger partial charge < -0.3 is 34.6 Å². The number of hydrogen-bond donors (Lipinski definition) is 4. The molecule has 8 nitrogen and oxygen atoms in total. The Balaban J connectivity index is 1.48. The van der Waals surface area contributed by atoms with Gasteiger partial charge in [-0.1, -0.05) is 26.8 Å². The molecule has 0 aromatic heterocycles. The van der Waals surface area contributed by atoms with Crippen molar-refractivity contribution in [3.05, 3.63) is 12.2 Å². The second-order valence-electron chi connectivity index (χ2n) is 13.0. The highest BCUT2D eigenvalue weighted by molar-refractivity contribution is 5.66. The van der Waals surface area contributed by atoms with Crippen LogP contribution >= 0.6 is 0 Å². The fraction of sp³-hybridized carbons (Fsp3) is 0.893. The lowest BCUT2D eigenvalue weighted by atomic mass is 9.40. The van der Waals surface area contributed by atoms with E-state index in [1.165, 1.54) is 6.92 Å². The quantitative estimate of drug-likeness (QED) is 0.329. The van der Waals surface area contributed by atoms with Gasteiger partial charge in [0.25, 0.3) is 0 Å². The zero-order chi connectivity index (χ0) is 26.0. The van der Waals surface area contributed by atoms with Gasteiger partial charge in [0, 0.05) is 17.8 Å². The molecule has 1 aliphatic heterocycles. The molecule has 2 bridgehead atoms.